The average molecular weight is 344 g/mol. The normalized spacial score (nSPS) is 13.7. The summed E-state index contributed by atoms with van der Waals surface area (Å²) in [5.74, 6) is 5.35. The Labute approximate surface area is 148 Å². The van der Waals surface area contributed by atoms with Gasteiger partial charge in [0.1, 0.15) is 0 Å². The van der Waals surface area contributed by atoms with Crippen LogP contribution in [0.25, 0.3) is 0 Å². The molecule has 0 bridgehead atoms. The Morgan fingerprint density at radius 1 is 1.12 bits per heavy atom. The summed E-state index contributed by atoms with van der Waals surface area (Å²) in [6.45, 7) is 4.62. The van der Waals surface area contributed by atoms with Gasteiger partial charge in [-0.3, -0.25) is 0 Å². The highest BCUT2D eigenvalue weighted by atomic mass is 16.6. The lowest BCUT2D eigenvalue weighted by Crippen LogP contribution is -2.53. The number of hydrogen-bond donors (Lipinski definition) is 2. The van der Waals surface area contributed by atoms with Crippen molar-refractivity contribution in [3.05, 3.63) is 35.4 Å². The number of carbonyl (C=O) groups excluding carboxylic acids is 2. The lowest BCUT2D eigenvalue weighted by molar-refractivity contribution is 0.0900. The zero-order valence-electron chi connectivity index (χ0n) is 14.5. The van der Waals surface area contributed by atoms with Crippen molar-refractivity contribution in [2.45, 2.75) is 20.0 Å². The maximum Gasteiger partial charge on any atom is 0.410 e. The minimum atomic E-state index is -0.386. The van der Waals surface area contributed by atoms with Crippen molar-refractivity contribution in [1.29, 1.82) is 0 Å². The maximum atomic E-state index is 12.2. The lowest BCUT2D eigenvalue weighted by Gasteiger charge is -2.33. The van der Waals surface area contributed by atoms with Crippen LogP contribution in [0, 0.1) is 11.8 Å². The van der Waals surface area contributed by atoms with E-state index in [4.69, 9.17) is 10.5 Å². The van der Waals surface area contributed by atoms with Crippen LogP contribution < -0.4 is 11.1 Å². The van der Waals surface area contributed by atoms with E-state index in [1.165, 1.54) is 0 Å². The first-order valence-electron chi connectivity index (χ1n) is 8.26. The smallest absolute Gasteiger partial charge is 0.410 e. The molecule has 1 aromatic carbocycles. The molecule has 0 saturated carbocycles. The molecule has 0 radical (unpaired) electrons. The lowest BCUT2D eigenvalue weighted by atomic mass is 10.1. The molecule has 1 saturated heterocycles. The molecule has 1 heterocycles. The fourth-order valence-electron chi connectivity index (χ4n) is 2.44. The van der Waals surface area contributed by atoms with Gasteiger partial charge >= 0.3 is 12.1 Å². The molecule has 0 spiro atoms. The second-order valence-electron chi connectivity index (χ2n) is 5.63. The second-order valence-corrected chi connectivity index (χ2v) is 5.63. The maximum absolute atomic E-state index is 12.2. The first kappa shape index (κ1) is 18.6. The van der Waals surface area contributed by atoms with Gasteiger partial charge in [-0.25, -0.2) is 9.59 Å². The zero-order chi connectivity index (χ0) is 18.1. The minimum absolute atomic E-state index is 0.0962. The number of hydrogen-bond acceptors (Lipinski definition) is 4. The van der Waals surface area contributed by atoms with Gasteiger partial charge in [0, 0.05) is 39.3 Å². The molecular formula is C18H24N4O3. The summed E-state index contributed by atoms with van der Waals surface area (Å²) in [6, 6.07) is 7.68. The van der Waals surface area contributed by atoms with E-state index in [2.05, 4.69) is 17.2 Å². The molecule has 25 heavy (non-hydrogen) atoms. The highest BCUT2D eigenvalue weighted by Crippen LogP contribution is 2.06. The van der Waals surface area contributed by atoms with Crippen molar-refractivity contribution in [2.75, 3.05) is 32.8 Å². The molecule has 2 rings (SSSR count). The Morgan fingerprint density at radius 3 is 2.32 bits per heavy atom. The third-order valence-electron chi connectivity index (χ3n) is 3.97. The van der Waals surface area contributed by atoms with Gasteiger partial charge in [0.25, 0.3) is 0 Å². The summed E-state index contributed by atoms with van der Waals surface area (Å²) < 4.78 is 5.03. The number of rotatable bonds is 4. The van der Waals surface area contributed by atoms with Gasteiger partial charge in [0.15, 0.2) is 6.61 Å². The predicted octanol–water partition coefficient (Wildman–Crippen LogP) is 1.13. The van der Waals surface area contributed by atoms with Gasteiger partial charge in [0.2, 0.25) is 0 Å². The van der Waals surface area contributed by atoms with Crippen LogP contribution >= 0.6 is 0 Å². The van der Waals surface area contributed by atoms with Gasteiger partial charge in [-0.2, -0.15) is 0 Å². The third-order valence-corrected chi connectivity index (χ3v) is 3.97. The number of nitrogens with zero attached hydrogens (tertiary/aromatic N) is 2. The van der Waals surface area contributed by atoms with Gasteiger partial charge in [-0.1, -0.05) is 30.2 Å². The summed E-state index contributed by atoms with van der Waals surface area (Å²) in [4.78, 5) is 27.3. The van der Waals surface area contributed by atoms with E-state index >= 15 is 0 Å². The van der Waals surface area contributed by atoms with Crippen LogP contribution in [-0.4, -0.2) is 54.7 Å². The van der Waals surface area contributed by atoms with E-state index in [9.17, 15) is 9.59 Å². The molecule has 7 heteroatoms. The van der Waals surface area contributed by atoms with Crippen LogP contribution in [0.15, 0.2) is 24.3 Å². The summed E-state index contributed by atoms with van der Waals surface area (Å²) in [7, 11) is 0. The van der Waals surface area contributed by atoms with Gasteiger partial charge in [0.05, 0.1) is 0 Å². The Hall–Kier alpha value is -2.72. The van der Waals surface area contributed by atoms with Crippen molar-refractivity contribution >= 4 is 12.1 Å². The van der Waals surface area contributed by atoms with E-state index in [1.807, 2.05) is 24.3 Å². The molecule has 1 aliphatic heterocycles. The SMILES string of the molecule is CC#CCOC(=O)N1CCN(C(=O)NCc2ccc(CN)cc2)CC1. The van der Waals surface area contributed by atoms with E-state index in [1.54, 1.807) is 16.7 Å². The monoisotopic (exact) mass is 344 g/mol. The average Bonchev–Trinajstić information content (AvgIpc) is 2.66. The van der Waals surface area contributed by atoms with E-state index in [-0.39, 0.29) is 18.7 Å². The van der Waals surface area contributed by atoms with Crippen molar-refractivity contribution in [2.24, 2.45) is 5.73 Å². The van der Waals surface area contributed by atoms with Gasteiger partial charge in [-0.05, 0) is 18.1 Å². The van der Waals surface area contributed by atoms with Crippen LogP contribution in [0.3, 0.4) is 0 Å². The molecule has 1 fully saturated rings. The van der Waals surface area contributed by atoms with Crippen LogP contribution in [0.5, 0.6) is 0 Å². The van der Waals surface area contributed by atoms with Gasteiger partial charge in [-0.15, -0.1) is 5.92 Å². The van der Waals surface area contributed by atoms with Crippen molar-refractivity contribution in [3.8, 4) is 11.8 Å². The molecule has 3 amide bonds. The standard InChI is InChI=1S/C18H24N4O3/c1-2-3-12-25-18(24)22-10-8-21(9-11-22)17(23)20-14-16-6-4-15(13-19)5-7-16/h4-7H,8-14,19H2,1H3,(H,20,23). The third kappa shape index (κ3) is 5.69. The van der Waals surface area contributed by atoms with E-state index in [0.717, 1.165) is 11.1 Å². The first-order chi connectivity index (χ1) is 12.1. The topological polar surface area (TPSA) is 87.9 Å². The van der Waals surface area contributed by atoms with Gasteiger partial charge < -0.3 is 25.6 Å². The number of carbonyl (C=O) groups is 2. The number of amides is 3. The largest absolute Gasteiger partial charge is 0.436 e. The molecule has 1 aromatic rings. The van der Waals surface area contributed by atoms with Crippen LogP contribution in [-0.2, 0) is 17.8 Å². The van der Waals surface area contributed by atoms with E-state index < -0.39 is 0 Å². The Balaban J connectivity index is 1.72. The Bertz CT molecular complexity index is 641. The molecule has 1 aliphatic rings. The van der Waals surface area contributed by atoms with Crippen LogP contribution in [0.1, 0.15) is 18.1 Å². The summed E-state index contributed by atoms with van der Waals surface area (Å²) in [5.41, 5.74) is 7.64. The molecule has 0 aliphatic carbocycles. The summed E-state index contributed by atoms with van der Waals surface area (Å²) in [6.07, 6.45) is -0.386. The van der Waals surface area contributed by atoms with Crippen LogP contribution in [0.4, 0.5) is 9.59 Å². The quantitative estimate of drug-likeness (QED) is 0.802. The molecule has 134 valence electrons. The molecule has 3 N–H and O–H groups in total. The number of nitrogens with one attached hydrogen (secondary N) is 1. The number of benzene rings is 1. The second kappa shape index (κ2) is 9.55. The highest BCUT2D eigenvalue weighted by molar-refractivity contribution is 5.75. The summed E-state index contributed by atoms with van der Waals surface area (Å²) in [5, 5.41) is 2.89. The Morgan fingerprint density at radius 2 is 1.72 bits per heavy atom. The Kier molecular flexibility index (Phi) is 7.11. The minimum Gasteiger partial charge on any atom is -0.436 e. The molecule has 0 unspecified atom stereocenters. The van der Waals surface area contributed by atoms with Crippen molar-refractivity contribution < 1.29 is 14.3 Å². The zero-order valence-corrected chi connectivity index (χ0v) is 14.5. The van der Waals surface area contributed by atoms with E-state index in [0.29, 0.717) is 39.3 Å². The predicted molar refractivity (Wildman–Crippen MR) is 94.5 cm³/mol. The highest BCUT2D eigenvalue weighted by Gasteiger charge is 2.24. The van der Waals surface area contributed by atoms with Crippen molar-refractivity contribution in [1.82, 2.24) is 15.1 Å². The molecular weight excluding hydrogens is 320 g/mol. The molecule has 0 atom stereocenters. The number of piperazine rings is 1. The molecule has 7 nitrogen and oxygen atoms in total. The first-order valence-corrected chi connectivity index (χ1v) is 8.26. The fraction of sp³-hybridized carbons (Fsp3) is 0.444. The van der Waals surface area contributed by atoms with Crippen molar-refractivity contribution in [3.63, 3.8) is 0 Å². The number of nitrogens with two attached hydrogens (primary N) is 1. The number of urea groups is 1. The van der Waals surface area contributed by atoms with Crippen LogP contribution in [0.2, 0.25) is 0 Å². The molecule has 0 aromatic heterocycles. The number of ether oxygens (including phenoxy) is 1. The fourth-order valence-corrected chi connectivity index (χ4v) is 2.44. The summed E-state index contributed by atoms with van der Waals surface area (Å²) >= 11 is 0.